The molecular weight excluding hydrogens is 270 g/mol. The fourth-order valence-electron chi connectivity index (χ4n) is 2.50. The van der Waals surface area contributed by atoms with Gasteiger partial charge in [-0.1, -0.05) is 29.8 Å². The van der Waals surface area contributed by atoms with E-state index in [2.05, 4.69) is 23.0 Å². The predicted molar refractivity (Wildman–Crippen MR) is 83.5 cm³/mol. The van der Waals surface area contributed by atoms with Crippen LogP contribution in [0.15, 0.2) is 48.8 Å². The first kappa shape index (κ1) is 15.0. The largest absolute Gasteiger partial charge is 0.326 e. The summed E-state index contributed by atoms with van der Waals surface area (Å²) in [4.78, 5) is 6.39. The molecule has 0 aliphatic heterocycles. The number of hydrogen-bond acceptors (Lipinski definition) is 3. The molecule has 2 aromatic rings. The third-order valence-electron chi connectivity index (χ3n) is 3.34. The summed E-state index contributed by atoms with van der Waals surface area (Å²) in [6, 6.07) is 12.1. The van der Waals surface area contributed by atoms with Crippen molar-refractivity contribution in [2.24, 2.45) is 5.73 Å². The molecule has 0 saturated carbocycles. The van der Waals surface area contributed by atoms with Crippen molar-refractivity contribution in [3.8, 4) is 0 Å². The average Bonchev–Trinajstić information content (AvgIpc) is 2.42. The fourth-order valence-corrected chi connectivity index (χ4v) is 2.62. The van der Waals surface area contributed by atoms with Crippen LogP contribution in [-0.2, 0) is 6.54 Å². The Morgan fingerprint density at radius 1 is 1.25 bits per heavy atom. The molecule has 3 nitrogen and oxygen atoms in total. The first-order chi connectivity index (χ1) is 9.58. The van der Waals surface area contributed by atoms with Gasteiger partial charge in [-0.05, 0) is 43.3 Å². The third kappa shape index (κ3) is 3.79. The van der Waals surface area contributed by atoms with Crippen molar-refractivity contribution < 1.29 is 0 Å². The molecule has 0 saturated heterocycles. The smallest absolute Gasteiger partial charge is 0.0496 e. The summed E-state index contributed by atoms with van der Waals surface area (Å²) in [6.07, 6.45) is 3.67. The number of hydrogen-bond donors (Lipinski definition) is 1. The van der Waals surface area contributed by atoms with Gasteiger partial charge in [-0.25, -0.2) is 0 Å². The van der Waals surface area contributed by atoms with Crippen LogP contribution in [0.5, 0.6) is 0 Å². The molecule has 1 aromatic carbocycles. The van der Waals surface area contributed by atoms with Crippen LogP contribution in [0.1, 0.15) is 24.1 Å². The van der Waals surface area contributed by atoms with E-state index in [-0.39, 0.29) is 12.1 Å². The number of aromatic nitrogens is 1. The zero-order valence-corrected chi connectivity index (χ0v) is 12.6. The van der Waals surface area contributed by atoms with E-state index >= 15 is 0 Å². The lowest BCUT2D eigenvalue weighted by molar-refractivity contribution is 0.211. The highest BCUT2D eigenvalue weighted by molar-refractivity contribution is 6.30. The van der Waals surface area contributed by atoms with Gasteiger partial charge in [0.25, 0.3) is 0 Å². The number of likely N-dealkylation sites (N-methyl/N-ethyl adjacent to an activating group) is 1. The maximum atomic E-state index is 6.17. The number of benzene rings is 1. The second-order valence-corrected chi connectivity index (χ2v) is 5.57. The molecule has 106 valence electrons. The Morgan fingerprint density at radius 2 is 1.95 bits per heavy atom. The maximum absolute atomic E-state index is 6.17. The minimum atomic E-state index is 0.0258. The molecule has 1 aromatic heterocycles. The van der Waals surface area contributed by atoms with Crippen molar-refractivity contribution >= 4 is 11.6 Å². The van der Waals surface area contributed by atoms with Crippen LogP contribution in [0.4, 0.5) is 0 Å². The molecule has 4 heteroatoms. The first-order valence-electron chi connectivity index (χ1n) is 6.68. The number of halogens is 1. The monoisotopic (exact) mass is 289 g/mol. The van der Waals surface area contributed by atoms with Gasteiger partial charge in [0.1, 0.15) is 0 Å². The first-order valence-corrected chi connectivity index (χ1v) is 7.06. The van der Waals surface area contributed by atoms with E-state index < -0.39 is 0 Å². The summed E-state index contributed by atoms with van der Waals surface area (Å²) in [5.41, 5.74) is 8.52. The van der Waals surface area contributed by atoms with E-state index in [1.54, 1.807) is 6.20 Å². The Hall–Kier alpha value is -1.42. The van der Waals surface area contributed by atoms with Gasteiger partial charge in [0.05, 0.1) is 0 Å². The van der Waals surface area contributed by atoms with E-state index in [0.717, 1.165) is 11.6 Å². The van der Waals surface area contributed by atoms with Gasteiger partial charge in [0, 0.05) is 36.0 Å². The predicted octanol–water partition coefficient (Wildman–Crippen LogP) is 3.26. The summed E-state index contributed by atoms with van der Waals surface area (Å²) in [7, 11) is 2.08. The van der Waals surface area contributed by atoms with Gasteiger partial charge >= 0.3 is 0 Å². The van der Waals surface area contributed by atoms with Crippen molar-refractivity contribution in [1.29, 1.82) is 0 Å². The Kier molecular flexibility index (Phi) is 5.12. The van der Waals surface area contributed by atoms with Crippen molar-refractivity contribution in [2.45, 2.75) is 25.6 Å². The van der Waals surface area contributed by atoms with E-state index in [0.29, 0.717) is 0 Å². The highest BCUT2D eigenvalue weighted by Crippen LogP contribution is 2.25. The van der Waals surface area contributed by atoms with Crippen LogP contribution in [0.2, 0.25) is 5.02 Å². The van der Waals surface area contributed by atoms with Crippen LogP contribution < -0.4 is 5.73 Å². The SMILES string of the molecule is CC(N)C(c1ccc(Cl)cc1)N(C)Cc1cccnc1. The molecule has 0 aliphatic carbocycles. The molecule has 0 bridgehead atoms. The summed E-state index contributed by atoms with van der Waals surface area (Å²) >= 11 is 5.95. The molecular formula is C16H20ClN3. The molecule has 20 heavy (non-hydrogen) atoms. The molecule has 0 aliphatic rings. The number of rotatable bonds is 5. The summed E-state index contributed by atoms with van der Waals surface area (Å²) in [5, 5.41) is 0.743. The Bertz CT molecular complexity index is 525. The van der Waals surface area contributed by atoms with Crippen LogP contribution >= 0.6 is 11.6 Å². The number of nitrogens with zero attached hydrogens (tertiary/aromatic N) is 2. The van der Waals surface area contributed by atoms with Crippen molar-refractivity contribution in [2.75, 3.05) is 7.05 Å². The Morgan fingerprint density at radius 3 is 2.50 bits per heavy atom. The lowest BCUT2D eigenvalue weighted by Crippen LogP contribution is -2.36. The van der Waals surface area contributed by atoms with Crippen LogP contribution in [0, 0.1) is 0 Å². The molecule has 0 fully saturated rings. The maximum Gasteiger partial charge on any atom is 0.0496 e. The van der Waals surface area contributed by atoms with Crippen molar-refractivity contribution in [3.63, 3.8) is 0 Å². The summed E-state index contributed by atoms with van der Waals surface area (Å²) in [5.74, 6) is 0. The summed E-state index contributed by atoms with van der Waals surface area (Å²) < 4.78 is 0. The fraction of sp³-hybridized carbons (Fsp3) is 0.312. The molecule has 0 amide bonds. The lowest BCUT2D eigenvalue weighted by atomic mass is 9.99. The minimum absolute atomic E-state index is 0.0258. The van der Waals surface area contributed by atoms with Gasteiger partial charge < -0.3 is 5.73 Å². The molecule has 2 atom stereocenters. The normalized spacial score (nSPS) is 14.2. The number of pyridine rings is 1. The second kappa shape index (κ2) is 6.84. The van der Waals surface area contributed by atoms with Gasteiger partial charge in [-0.15, -0.1) is 0 Å². The average molecular weight is 290 g/mol. The van der Waals surface area contributed by atoms with Crippen LogP contribution in [0.25, 0.3) is 0 Å². The van der Waals surface area contributed by atoms with Crippen LogP contribution in [0.3, 0.4) is 0 Å². The van der Waals surface area contributed by atoms with E-state index in [1.165, 1.54) is 11.1 Å². The standard InChI is InChI=1S/C16H20ClN3/c1-12(18)16(14-5-7-15(17)8-6-14)20(2)11-13-4-3-9-19-10-13/h3-10,12,16H,11,18H2,1-2H3. The third-order valence-corrected chi connectivity index (χ3v) is 3.59. The van der Waals surface area contributed by atoms with Gasteiger partial charge in [-0.3, -0.25) is 9.88 Å². The second-order valence-electron chi connectivity index (χ2n) is 5.13. The summed E-state index contributed by atoms with van der Waals surface area (Å²) in [6.45, 7) is 2.84. The molecule has 2 unspecified atom stereocenters. The minimum Gasteiger partial charge on any atom is -0.326 e. The molecule has 2 rings (SSSR count). The van der Waals surface area contributed by atoms with Crippen molar-refractivity contribution in [1.82, 2.24) is 9.88 Å². The number of nitrogens with two attached hydrogens (primary N) is 1. The molecule has 0 radical (unpaired) electrons. The Balaban J connectivity index is 2.18. The van der Waals surface area contributed by atoms with Crippen molar-refractivity contribution in [3.05, 3.63) is 64.9 Å². The molecule has 2 N–H and O–H groups in total. The van der Waals surface area contributed by atoms with Gasteiger partial charge in [-0.2, -0.15) is 0 Å². The highest BCUT2D eigenvalue weighted by atomic mass is 35.5. The topological polar surface area (TPSA) is 42.1 Å². The van der Waals surface area contributed by atoms with E-state index in [1.807, 2.05) is 43.5 Å². The van der Waals surface area contributed by atoms with Crippen LogP contribution in [-0.4, -0.2) is 23.0 Å². The zero-order chi connectivity index (χ0) is 14.5. The lowest BCUT2D eigenvalue weighted by Gasteiger charge is -2.31. The highest BCUT2D eigenvalue weighted by Gasteiger charge is 2.21. The zero-order valence-electron chi connectivity index (χ0n) is 11.8. The van der Waals surface area contributed by atoms with Gasteiger partial charge in [0.2, 0.25) is 0 Å². The Labute approximate surface area is 125 Å². The van der Waals surface area contributed by atoms with Gasteiger partial charge in [0.15, 0.2) is 0 Å². The van der Waals surface area contributed by atoms with E-state index in [4.69, 9.17) is 17.3 Å². The molecule has 0 spiro atoms. The quantitative estimate of drug-likeness (QED) is 0.919. The van der Waals surface area contributed by atoms with E-state index in [9.17, 15) is 0 Å². The molecule has 1 heterocycles.